The van der Waals surface area contributed by atoms with Gasteiger partial charge in [-0.2, -0.15) is 0 Å². The smallest absolute Gasteiger partial charge is 0.161 e. The van der Waals surface area contributed by atoms with Crippen LogP contribution in [0.15, 0.2) is 24.3 Å². The molecule has 88 valence electrons. The molecule has 0 amide bonds. The van der Waals surface area contributed by atoms with Gasteiger partial charge in [0.2, 0.25) is 0 Å². The van der Waals surface area contributed by atoms with Gasteiger partial charge in [0.05, 0.1) is 0 Å². The number of methoxy groups -OCH3 is 1. The fourth-order valence-corrected chi connectivity index (χ4v) is 1.69. The highest BCUT2D eigenvalue weighted by atomic mass is 16.6. The molecule has 0 bridgehead atoms. The number of hydrogen-bond donors (Lipinski definition) is 1. The van der Waals surface area contributed by atoms with Crippen LogP contribution < -0.4 is 9.47 Å². The molecule has 0 aliphatic carbocycles. The lowest BCUT2D eigenvalue weighted by Gasteiger charge is -2.31. The van der Waals surface area contributed by atoms with E-state index in [-0.39, 0.29) is 12.0 Å². The number of aliphatic hydroxyl groups excluding tert-OH is 1. The lowest BCUT2D eigenvalue weighted by Crippen LogP contribution is -2.40. The van der Waals surface area contributed by atoms with Crippen molar-refractivity contribution in [3.63, 3.8) is 0 Å². The third kappa shape index (κ3) is 2.13. The summed E-state index contributed by atoms with van der Waals surface area (Å²) in [6.07, 6.45) is -1.02. The van der Waals surface area contributed by atoms with Gasteiger partial charge < -0.3 is 19.3 Å². The molecule has 0 saturated carbocycles. The fourth-order valence-electron chi connectivity index (χ4n) is 1.69. The summed E-state index contributed by atoms with van der Waals surface area (Å²) in [5.41, 5.74) is 0. The average molecular weight is 224 g/mol. The Bertz CT molecular complexity index is 353. The van der Waals surface area contributed by atoms with Crippen LogP contribution in [0.1, 0.15) is 6.92 Å². The largest absolute Gasteiger partial charge is 0.486 e. The Morgan fingerprint density at radius 3 is 2.75 bits per heavy atom. The molecule has 3 unspecified atom stereocenters. The van der Waals surface area contributed by atoms with Crippen molar-refractivity contribution in [1.29, 1.82) is 0 Å². The summed E-state index contributed by atoms with van der Waals surface area (Å²) in [7, 11) is 1.47. The molecule has 1 heterocycles. The monoisotopic (exact) mass is 224 g/mol. The highest BCUT2D eigenvalue weighted by Crippen LogP contribution is 2.33. The van der Waals surface area contributed by atoms with Gasteiger partial charge in [0.15, 0.2) is 17.8 Å². The Balaban J connectivity index is 2.08. The summed E-state index contributed by atoms with van der Waals surface area (Å²) in [6.45, 7) is 2.30. The minimum atomic E-state index is -0.834. The highest BCUT2D eigenvalue weighted by molar-refractivity contribution is 5.40. The zero-order valence-corrected chi connectivity index (χ0v) is 9.42. The molecular weight excluding hydrogens is 208 g/mol. The predicted octanol–water partition coefficient (Wildman–Crippen LogP) is 1.43. The van der Waals surface area contributed by atoms with E-state index in [1.807, 2.05) is 31.2 Å². The molecule has 1 N–H and O–H groups in total. The van der Waals surface area contributed by atoms with E-state index in [1.54, 1.807) is 0 Å². The van der Waals surface area contributed by atoms with Gasteiger partial charge in [0, 0.05) is 13.0 Å². The minimum absolute atomic E-state index is 0.140. The molecule has 3 atom stereocenters. The molecule has 0 spiro atoms. The second-order valence-corrected chi connectivity index (χ2v) is 3.90. The maximum Gasteiger partial charge on any atom is 0.161 e. The number of fused-ring (bicyclic) bond motifs is 1. The topological polar surface area (TPSA) is 47.9 Å². The Morgan fingerprint density at radius 1 is 1.38 bits per heavy atom. The Morgan fingerprint density at radius 2 is 2.06 bits per heavy atom. The van der Waals surface area contributed by atoms with Crippen LogP contribution >= 0.6 is 0 Å². The molecule has 1 aliphatic rings. The quantitative estimate of drug-likeness (QED) is 0.789. The number of para-hydroxylation sites is 2. The van der Waals surface area contributed by atoms with Gasteiger partial charge >= 0.3 is 0 Å². The lowest BCUT2D eigenvalue weighted by atomic mass is 10.0. The van der Waals surface area contributed by atoms with Gasteiger partial charge in [-0.15, -0.1) is 0 Å². The van der Waals surface area contributed by atoms with E-state index in [0.717, 1.165) is 5.75 Å². The summed E-state index contributed by atoms with van der Waals surface area (Å²) in [5, 5.41) is 9.57. The molecular formula is C12H16O4. The molecule has 1 aromatic carbocycles. The lowest BCUT2D eigenvalue weighted by molar-refractivity contribution is -0.138. The molecule has 1 aliphatic heterocycles. The highest BCUT2D eigenvalue weighted by Gasteiger charge is 2.30. The second kappa shape index (κ2) is 4.72. The van der Waals surface area contributed by atoms with E-state index in [0.29, 0.717) is 12.4 Å². The third-order valence-electron chi connectivity index (χ3n) is 2.81. The first-order valence-electron chi connectivity index (χ1n) is 5.31. The molecule has 16 heavy (non-hydrogen) atoms. The maximum atomic E-state index is 9.57. The maximum absolute atomic E-state index is 9.57. The summed E-state index contributed by atoms with van der Waals surface area (Å²) in [4.78, 5) is 0. The van der Waals surface area contributed by atoms with E-state index in [9.17, 15) is 5.11 Å². The standard InChI is InChI=1S/C12H16O4/c1-8(12(13)14-2)11-7-15-9-5-3-4-6-10(9)16-11/h3-6,8,11-13H,7H2,1-2H3. The third-order valence-corrected chi connectivity index (χ3v) is 2.81. The molecule has 0 fully saturated rings. The average Bonchev–Trinajstić information content (AvgIpc) is 2.36. The predicted molar refractivity (Wildman–Crippen MR) is 58.5 cm³/mol. The molecule has 2 rings (SSSR count). The van der Waals surface area contributed by atoms with Gasteiger partial charge in [-0.3, -0.25) is 0 Å². The Hall–Kier alpha value is -1.26. The van der Waals surface area contributed by atoms with E-state index in [1.165, 1.54) is 7.11 Å². The molecule has 4 nitrogen and oxygen atoms in total. The van der Waals surface area contributed by atoms with Gasteiger partial charge in [0.25, 0.3) is 0 Å². The first-order valence-corrected chi connectivity index (χ1v) is 5.31. The van der Waals surface area contributed by atoms with Gasteiger partial charge in [-0.1, -0.05) is 19.1 Å². The van der Waals surface area contributed by atoms with Crippen LogP contribution in [0.25, 0.3) is 0 Å². The summed E-state index contributed by atoms with van der Waals surface area (Å²) >= 11 is 0. The van der Waals surface area contributed by atoms with Crippen molar-refractivity contribution in [2.45, 2.75) is 19.3 Å². The van der Waals surface area contributed by atoms with Crippen molar-refractivity contribution in [3.05, 3.63) is 24.3 Å². The number of benzene rings is 1. The van der Waals surface area contributed by atoms with Crippen molar-refractivity contribution in [2.75, 3.05) is 13.7 Å². The summed E-state index contributed by atoms with van der Waals surface area (Å²) in [6, 6.07) is 7.51. The zero-order valence-electron chi connectivity index (χ0n) is 9.42. The first kappa shape index (κ1) is 11.2. The SMILES string of the molecule is COC(O)C(C)C1COc2ccccc2O1. The molecule has 1 aromatic rings. The van der Waals surface area contributed by atoms with E-state index >= 15 is 0 Å². The van der Waals surface area contributed by atoms with Crippen LogP contribution in [0.5, 0.6) is 11.5 Å². The van der Waals surface area contributed by atoms with Crippen molar-refractivity contribution < 1.29 is 19.3 Å². The minimum Gasteiger partial charge on any atom is -0.486 e. The molecule has 0 saturated heterocycles. The second-order valence-electron chi connectivity index (χ2n) is 3.90. The summed E-state index contributed by atoms with van der Waals surface area (Å²) in [5.74, 6) is 1.32. The van der Waals surface area contributed by atoms with E-state index in [2.05, 4.69) is 0 Å². The van der Waals surface area contributed by atoms with Crippen LogP contribution in [0.3, 0.4) is 0 Å². The number of rotatable bonds is 3. The van der Waals surface area contributed by atoms with E-state index < -0.39 is 6.29 Å². The van der Waals surface area contributed by atoms with Gasteiger partial charge in [-0.05, 0) is 12.1 Å². The van der Waals surface area contributed by atoms with Crippen molar-refractivity contribution in [3.8, 4) is 11.5 Å². The van der Waals surface area contributed by atoms with Crippen molar-refractivity contribution in [1.82, 2.24) is 0 Å². The first-order chi connectivity index (χ1) is 7.72. The normalized spacial score (nSPS) is 22.6. The molecule has 0 radical (unpaired) electrons. The van der Waals surface area contributed by atoms with Crippen LogP contribution in [0.4, 0.5) is 0 Å². The van der Waals surface area contributed by atoms with Crippen molar-refractivity contribution >= 4 is 0 Å². The number of ether oxygens (including phenoxy) is 3. The van der Waals surface area contributed by atoms with Crippen LogP contribution in [-0.4, -0.2) is 31.2 Å². The zero-order chi connectivity index (χ0) is 11.5. The number of hydrogen-bond acceptors (Lipinski definition) is 4. The Kier molecular flexibility index (Phi) is 3.31. The van der Waals surface area contributed by atoms with E-state index in [4.69, 9.17) is 14.2 Å². The van der Waals surface area contributed by atoms with Gasteiger partial charge in [0.1, 0.15) is 12.7 Å². The van der Waals surface area contributed by atoms with Crippen LogP contribution in [0, 0.1) is 5.92 Å². The van der Waals surface area contributed by atoms with Gasteiger partial charge in [-0.25, -0.2) is 0 Å². The van der Waals surface area contributed by atoms with Crippen LogP contribution in [0.2, 0.25) is 0 Å². The Labute approximate surface area is 94.8 Å². The molecule has 4 heteroatoms. The van der Waals surface area contributed by atoms with Crippen molar-refractivity contribution in [2.24, 2.45) is 5.92 Å². The number of aliphatic hydroxyl groups is 1. The fraction of sp³-hybridized carbons (Fsp3) is 0.500. The van der Waals surface area contributed by atoms with Crippen LogP contribution in [-0.2, 0) is 4.74 Å². The summed E-state index contributed by atoms with van der Waals surface area (Å²) < 4.78 is 16.2. The molecule has 0 aromatic heterocycles.